The first-order chi connectivity index (χ1) is 9.20. The third-order valence-corrected chi connectivity index (χ3v) is 3.90. The number of rotatable bonds is 5. The number of halogens is 2. The standard InChI is InChI=1S/C14H19FN2OS.ClH/c1-19-9-11-7-12(15)5-4-10(11)8-17-14(18)13-3-2-6-16-13;/h4-5,7,13,16H,2-3,6,8-9H2,1H3,(H,17,18);1H. The number of carbonyl (C=O) groups is 1. The minimum Gasteiger partial charge on any atom is -0.351 e. The molecule has 6 heteroatoms. The number of carbonyl (C=O) groups excluding carboxylic acids is 1. The van der Waals surface area contributed by atoms with E-state index in [-0.39, 0.29) is 30.2 Å². The van der Waals surface area contributed by atoms with Crippen LogP contribution < -0.4 is 10.6 Å². The van der Waals surface area contributed by atoms with E-state index in [0.717, 1.165) is 36.3 Å². The van der Waals surface area contributed by atoms with E-state index >= 15 is 0 Å². The van der Waals surface area contributed by atoms with Crippen LogP contribution in [-0.4, -0.2) is 24.7 Å². The molecule has 1 atom stereocenters. The summed E-state index contributed by atoms with van der Waals surface area (Å²) in [6.07, 6.45) is 3.93. The van der Waals surface area contributed by atoms with Gasteiger partial charge in [-0.25, -0.2) is 4.39 Å². The first-order valence-corrected chi connectivity index (χ1v) is 7.87. The summed E-state index contributed by atoms with van der Waals surface area (Å²) in [6.45, 7) is 1.37. The molecule has 112 valence electrons. The summed E-state index contributed by atoms with van der Waals surface area (Å²) in [5, 5.41) is 6.09. The van der Waals surface area contributed by atoms with Crippen LogP contribution in [0.3, 0.4) is 0 Å². The molecule has 1 aliphatic heterocycles. The van der Waals surface area contributed by atoms with Crippen molar-refractivity contribution < 1.29 is 9.18 Å². The quantitative estimate of drug-likeness (QED) is 0.876. The molecular weight excluding hydrogens is 299 g/mol. The molecule has 1 amide bonds. The molecule has 2 rings (SSSR count). The molecule has 2 N–H and O–H groups in total. The SMILES string of the molecule is CSCc1cc(F)ccc1CNC(=O)C1CCCN1.Cl. The lowest BCUT2D eigenvalue weighted by Gasteiger charge is -2.13. The van der Waals surface area contributed by atoms with Crippen LogP contribution >= 0.6 is 24.2 Å². The van der Waals surface area contributed by atoms with Crippen molar-refractivity contribution in [2.75, 3.05) is 12.8 Å². The average Bonchev–Trinajstić information content (AvgIpc) is 2.92. The normalized spacial score (nSPS) is 17.6. The van der Waals surface area contributed by atoms with E-state index in [4.69, 9.17) is 0 Å². The highest BCUT2D eigenvalue weighted by Crippen LogP contribution is 2.17. The maximum atomic E-state index is 13.2. The number of hydrogen-bond acceptors (Lipinski definition) is 3. The van der Waals surface area contributed by atoms with Crippen LogP contribution in [-0.2, 0) is 17.1 Å². The second-order valence-electron chi connectivity index (χ2n) is 4.71. The van der Waals surface area contributed by atoms with E-state index in [1.165, 1.54) is 6.07 Å². The highest BCUT2D eigenvalue weighted by molar-refractivity contribution is 7.97. The van der Waals surface area contributed by atoms with Crippen molar-refractivity contribution in [1.29, 1.82) is 0 Å². The van der Waals surface area contributed by atoms with Crippen LogP contribution in [0.1, 0.15) is 24.0 Å². The van der Waals surface area contributed by atoms with E-state index in [1.807, 2.05) is 6.26 Å². The first-order valence-electron chi connectivity index (χ1n) is 6.48. The van der Waals surface area contributed by atoms with Crippen LogP contribution in [0.5, 0.6) is 0 Å². The van der Waals surface area contributed by atoms with Crippen LogP contribution in [0.4, 0.5) is 4.39 Å². The van der Waals surface area contributed by atoms with Gasteiger partial charge >= 0.3 is 0 Å². The molecule has 0 spiro atoms. The zero-order chi connectivity index (χ0) is 13.7. The minimum atomic E-state index is -0.225. The summed E-state index contributed by atoms with van der Waals surface area (Å²) in [7, 11) is 0. The Morgan fingerprint density at radius 2 is 2.30 bits per heavy atom. The molecule has 0 bridgehead atoms. The number of thioether (sulfide) groups is 1. The molecule has 1 heterocycles. The lowest BCUT2D eigenvalue weighted by molar-refractivity contribution is -0.122. The van der Waals surface area contributed by atoms with Gasteiger partial charge in [-0.3, -0.25) is 4.79 Å². The van der Waals surface area contributed by atoms with Crippen molar-refractivity contribution in [3.05, 3.63) is 35.1 Å². The monoisotopic (exact) mass is 318 g/mol. The highest BCUT2D eigenvalue weighted by Gasteiger charge is 2.21. The van der Waals surface area contributed by atoms with Gasteiger partial charge in [0.2, 0.25) is 5.91 Å². The zero-order valence-corrected chi connectivity index (χ0v) is 13.1. The van der Waals surface area contributed by atoms with E-state index in [1.54, 1.807) is 23.9 Å². The van der Waals surface area contributed by atoms with E-state index in [0.29, 0.717) is 6.54 Å². The lowest BCUT2D eigenvalue weighted by Crippen LogP contribution is -2.40. The predicted octanol–water partition coefficient (Wildman–Crippen LogP) is 2.48. The van der Waals surface area contributed by atoms with Gasteiger partial charge in [0.05, 0.1) is 6.04 Å². The molecule has 1 unspecified atom stereocenters. The van der Waals surface area contributed by atoms with Gasteiger partial charge in [0.25, 0.3) is 0 Å². The van der Waals surface area contributed by atoms with Gasteiger partial charge in [0.15, 0.2) is 0 Å². The Morgan fingerprint density at radius 3 is 2.95 bits per heavy atom. The second-order valence-corrected chi connectivity index (χ2v) is 5.58. The van der Waals surface area contributed by atoms with Gasteiger partial charge in [0.1, 0.15) is 5.82 Å². The maximum Gasteiger partial charge on any atom is 0.237 e. The van der Waals surface area contributed by atoms with Crippen molar-refractivity contribution in [1.82, 2.24) is 10.6 Å². The van der Waals surface area contributed by atoms with Crippen LogP contribution in [0.25, 0.3) is 0 Å². The van der Waals surface area contributed by atoms with E-state index in [2.05, 4.69) is 10.6 Å². The maximum absolute atomic E-state index is 13.2. The van der Waals surface area contributed by atoms with E-state index in [9.17, 15) is 9.18 Å². The van der Waals surface area contributed by atoms with Crippen molar-refractivity contribution in [2.24, 2.45) is 0 Å². The number of amides is 1. The van der Waals surface area contributed by atoms with Crippen molar-refractivity contribution in [3.8, 4) is 0 Å². The zero-order valence-electron chi connectivity index (χ0n) is 11.4. The Morgan fingerprint density at radius 1 is 1.50 bits per heavy atom. The molecule has 1 saturated heterocycles. The topological polar surface area (TPSA) is 41.1 Å². The van der Waals surface area contributed by atoms with Gasteiger partial charge in [-0.1, -0.05) is 6.07 Å². The minimum absolute atomic E-state index is 0. The molecule has 0 saturated carbocycles. The molecule has 1 fully saturated rings. The van der Waals surface area contributed by atoms with Crippen molar-refractivity contribution in [2.45, 2.75) is 31.2 Å². The summed E-state index contributed by atoms with van der Waals surface area (Å²) >= 11 is 1.65. The Labute approximate surface area is 129 Å². The van der Waals surface area contributed by atoms with Crippen molar-refractivity contribution >= 4 is 30.1 Å². The summed E-state index contributed by atoms with van der Waals surface area (Å²) in [6, 6.07) is 4.68. The molecular formula is C14H20ClFN2OS. The Hall–Kier alpha value is -0.780. The Bertz CT molecular complexity index is 453. The summed E-state index contributed by atoms with van der Waals surface area (Å²) < 4.78 is 13.2. The van der Waals surface area contributed by atoms with Crippen LogP contribution in [0.15, 0.2) is 18.2 Å². The third-order valence-electron chi connectivity index (χ3n) is 3.30. The fourth-order valence-electron chi connectivity index (χ4n) is 2.27. The highest BCUT2D eigenvalue weighted by atomic mass is 35.5. The number of benzene rings is 1. The predicted molar refractivity (Wildman–Crippen MR) is 83.7 cm³/mol. The summed E-state index contributed by atoms with van der Waals surface area (Å²) in [5.74, 6) is 0.568. The lowest BCUT2D eigenvalue weighted by atomic mass is 10.1. The van der Waals surface area contributed by atoms with Crippen molar-refractivity contribution in [3.63, 3.8) is 0 Å². The Balaban J connectivity index is 0.00000200. The molecule has 1 aromatic rings. The van der Waals surface area contributed by atoms with Crippen LogP contribution in [0.2, 0.25) is 0 Å². The second kappa shape index (κ2) is 8.49. The average molecular weight is 319 g/mol. The summed E-state index contributed by atoms with van der Waals surface area (Å²) in [5.41, 5.74) is 1.94. The van der Waals surface area contributed by atoms with Gasteiger partial charge in [0, 0.05) is 12.3 Å². The van der Waals surface area contributed by atoms with Gasteiger partial charge in [-0.05, 0) is 48.9 Å². The number of hydrogen-bond donors (Lipinski definition) is 2. The fourth-order valence-corrected chi connectivity index (χ4v) is 2.85. The molecule has 3 nitrogen and oxygen atoms in total. The molecule has 1 aliphatic rings. The largest absolute Gasteiger partial charge is 0.351 e. The molecule has 0 radical (unpaired) electrons. The van der Waals surface area contributed by atoms with E-state index < -0.39 is 0 Å². The van der Waals surface area contributed by atoms with Gasteiger partial charge in [-0.2, -0.15) is 11.8 Å². The third kappa shape index (κ3) is 4.65. The van der Waals surface area contributed by atoms with Gasteiger partial charge in [-0.15, -0.1) is 12.4 Å². The number of nitrogens with one attached hydrogen (secondary N) is 2. The molecule has 0 aromatic heterocycles. The molecule has 20 heavy (non-hydrogen) atoms. The molecule has 1 aromatic carbocycles. The summed E-state index contributed by atoms with van der Waals surface area (Å²) in [4.78, 5) is 11.9. The van der Waals surface area contributed by atoms with Gasteiger partial charge < -0.3 is 10.6 Å². The van der Waals surface area contributed by atoms with Crippen LogP contribution in [0, 0.1) is 5.82 Å². The Kier molecular flexibility index (Phi) is 7.34. The smallest absolute Gasteiger partial charge is 0.237 e. The molecule has 0 aliphatic carbocycles. The first kappa shape index (κ1) is 17.3. The fraction of sp³-hybridized carbons (Fsp3) is 0.500.